The van der Waals surface area contributed by atoms with Crippen LogP contribution in [0.1, 0.15) is 11.1 Å². The van der Waals surface area contributed by atoms with E-state index in [9.17, 15) is 8.42 Å². The fourth-order valence-electron chi connectivity index (χ4n) is 2.01. The fraction of sp³-hybridized carbons (Fsp3) is 0.200. The minimum atomic E-state index is -3.62. The zero-order valence-electron chi connectivity index (χ0n) is 11.6. The van der Waals surface area contributed by atoms with Crippen molar-refractivity contribution < 1.29 is 8.42 Å². The molecule has 21 heavy (non-hydrogen) atoms. The van der Waals surface area contributed by atoms with E-state index in [1.807, 2.05) is 24.3 Å². The number of anilines is 1. The van der Waals surface area contributed by atoms with Crippen LogP contribution >= 0.6 is 0 Å². The Balaban J connectivity index is 1.81. The minimum absolute atomic E-state index is 0.131. The molecule has 0 saturated heterocycles. The monoisotopic (exact) mass is 305 g/mol. The lowest BCUT2D eigenvalue weighted by Gasteiger charge is -2.06. The number of primary sulfonamides is 1. The zero-order valence-corrected chi connectivity index (χ0v) is 12.4. The summed E-state index contributed by atoms with van der Waals surface area (Å²) in [5.74, 6) is 0. The molecule has 0 aliphatic rings. The van der Waals surface area contributed by atoms with Crippen molar-refractivity contribution in [2.24, 2.45) is 5.14 Å². The summed E-state index contributed by atoms with van der Waals surface area (Å²) in [4.78, 5) is 0.131. The zero-order chi connectivity index (χ0) is 15.3. The summed E-state index contributed by atoms with van der Waals surface area (Å²) in [5, 5.41) is 8.36. The molecular formula is C15H19N3O2S. The number of nitrogens with two attached hydrogens (primary N) is 2. The number of nitrogens with one attached hydrogen (secondary N) is 1. The van der Waals surface area contributed by atoms with Gasteiger partial charge in [-0.05, 0) is 48.4 Å². The van der Waals surface area contributed by atoms with Crippen LogP contribution < -0.4 is 16.2 Å². The third-order valence-electron chi connectivity index (χ3n) is 3.12. The van der Waals surface area contributed by atoms with Crippen molar-refractivity contribution in [3.8, 4) is 0 Å². The molecule has 5 nitrogen and oxygen atoms in total. The van der Waals surface area contributed by atoms with Gasteiger partial charge in [0.25, 0.3) is 0 Å². The predicted octanol–water partition coefficient (Wildman–Crippen LogP) is 1.25. The van der Waals surface area contributed by atoms with E-state index >= 15 is 0 Å². The number of hydrogen-bond donors (Lipinski definition) is 3. The van der Waals surface area contributed by atoms with Gasteiger partial charge in [-0.2, -0.15) is 0 Å². The van der Waals surface area contributed by atoms with Crippen LogP contribution in [0.5, 0.6) is 0 Å². The highest BCUT2D eigenvalue weighted by molar-refractivity contribution is 7.89. The third kappa shape index (κ3) is 4.86. The van der Waals surface area contributed by atoms with Crippen molar-refractivity contribution in [1.82, 2.24) is 5.32 Å². The van der Waals surface area contributed by atoms with Crippen LogP contribution in [0.3, 0.4) is 0 Å². The Labute approximate surface area is 125 Å². The number of benzene rings is 2. The Hall–Kier alpha value is -1.89. The molecule has 0 radical (unpaired) electrons. The lowest BCUT2D eigenvalue weighted by Crippen LogP contribution is -2.17. The molecule has 0 spiro atoms. The van der Waals surface area contributed by atoms with Gasteiger partial charge in [-0.15, -0.1) is 0 Å². The van der Waals surface area contributed by atoms with Crippen LogP contribution in [-0.4, -0.2) is 15.0 Å². The second-order valence-corrected chi connectivity index (χ2v) is 6.42. The second-order valence-electron chi connectivity index (χ2n) is 4.86. The smallest absolute Gasteiger partial charge is 0.238 e. The Bertz CT molecular complexity index is 697. The normalized spacial score (nSPS) is 11.5. The lowest BCUT2D eigenvalue weighted by molar-refractivity contribution is 0.597. The van der Waals surface area contributed by atoms with E-state index in [0.717, 1.165) is 24.2 Å². The molecule has 2 aromatic carbocycles. The molecule has 0 aliphatic heterocycles. The number of nitrogen functional groups attached to an aromatic ring is 1. The number of sulfonamides is 1. The molecule has 0 aromatic heterocycles. The SMILES string of the molecule is Nc1cccc(CCNCc2ccc(S(N)(=O)=O)cc2)c1. The predicted molar refractivity (Wildman–Crippen MR) is 84.1 cm³/mol. The first-order valence-corrected chi connectivity index (χ1v) is 8.17. The Morgan fingerprint density at radius 1 is 1.00 bits per heavy atom. The summed E-state index contributed by atoms with van der Waals surface area (Å²) >= 11 is 0. The highest BCUT2D eigenvalue weighted by atomic mass is 32.2. The van der Waals surface area contributed by atoms with E-state index in [-0.39, 0.29) is 4.90 Å². The van der Waals surface area contributed by atoms with Crippen LogP contribution in [-0.2, 0) is 23.0 Å². The number of rotatable bonds is 6. The summed E-state index contributed by atoms with van der Waals surface area (Å²) in [5.41, 5.74) is 8.69. The fourth-order valence-corrected chi connectivity index (χ4v) is 2.53. The Morgan fingerprint density at radius 3 is 2.33 bits per heavy atom. The molecule has 5 N–H and O–H groups in total. The highest BCUT2D eigenvalue weighted by Crippen LogP contribution is 2.09. The van der Waals surface area contributed by atoms with Crippen LogP contribution in [0.25, 0.3) is 0 Å². The minimum Gasteiger partial charge on any atom is -0.399 e. The molecule has 0 aliphatic carbocycles. The van der Waals surface area contributed by atoms with Crippen LogP contribution in [0, 0.1) is 0 Å². The van der Waals surface area contributed by atoms with Gasteiger partial charge >= 0.3 is 0 Å². The van der Waals surface area contributed by atoms with Gasteiger partial charge in [-0.25, -0.2) is 13.6 Å². The molecule has 0 atom stereocenters. The van der Waals surface area contributed by atoms with Crippen molar-refractivity contribution in [2.45, 2.75) is 17.9 Å². The first-order valence-electron chi connectivity index (χ1n) is 6.62. The van der Waals surface area contributed by atoms with Crippen molar-refractivity contribution in [1.29, 1.82) is 0 Å². The van der Waals surface area contributed by atoms with Gasteiger partial charge in [0.15, 0.2) is 0 Å². The summed E-state index contributed by atoms with van der Waals surface area (Å²) in [6.07, 6.45) is 0.889. The van der Waals surface area contributed by atoms with Crippen molar-refractivity contribution in [3.63, 3.8) is 0 Å². The molecule has 2 aromatic rings. The maximum atomic E-state index is 11.1. The van der Waals surface area contributed by atoms with Crippen molar-refractivity contribution in [2.75, 3.05) is 12.3 Å². The Kier molecular flexibility index (Phi) is 4.95. The molecule has 0 saturated carbocycles. The second kappa shape index (κ2) is 6.71. The third-order valence-corrected chi connectivity index (χ3v) is 4.05. The van der Waals surface area contributed by atoms with E-state index in [0.29, 0.717) is 6.54 Å². The summed E-state index contributed by atoms with van der Waals surface area (Å²) in [6.45, 7) is 1.49. The molecule has 0 bridgehead atoms. The molecule has 0 unspecified atom stereocenters. The first kappa shape index (κ1) is 15.5. The van der Waals surface area contributed by atoms with Gasteiger partial charge in [-0.1, -0.05) is 24.3 Å². The van der Waals surface area contributed by atoms with Gasteiger partial charge in [0.05, 0.1) is 4.90 Å². The molecular weight excluding hydrogens is 286 g/mol. The molecule has 0 heterocycles. The highest BCUT2D eigenvalue weighted by Gasteiger charge is 2.06. The Morgan fingerprint density at radius 2 is 1.71 bits per heavy atom. The van der Waals surface area contributed by atoms with Gasteiger partial charge < -0.3 is 11.1 Å². The quantitative estimate of drug-likeness (QED) is 0.552. The van der Waals surface area contributed by atoms with Crippen LogP contribution in [0.4, 0.5) is 5.69 Å². The van der Waals surface area contributed by atoms with Crippen LogP contribution in [0.2, 0.25) is 0 Å². The average Bonchev–Trinajstić information content (AvgIpc) is 2.43. The summed E-state index contributed by atoms with van der Waals surface area (Å²) < 4.78 is 22.3. The summed E-state index contributed by atoms with van der Waals surface area (Å²) in [7, 11) is -3.62. The molecule has 0 amide bonds. The number of hydrogen-bond acceptors (Lipinski definition) is 4. The van der Waals surface area contributed by atoms with Gasteiger partial charge in [0.2, 0.25) is 10.0 Å². The van der Waals surface area contributed by atoms with Crippen LogP contribution in [0.15, 0.2) is 53.4 Å². The maximum Gasteiger partial charge on any atom is 0.238 e. The lowest BCUT2D eigenvalue weighted by atomic mass is 10.1. The molecule has 2 rings (SSSR count). The van der Waals surface area contributed by atoms with E-state index < -0.39 is 10.0 Å². The largest absolute Gasteiger partial charge is 0.399 e. The van der Waals surface area contributed by atoms with Crippen molar-refractivity contribution >= 4 is 15.7 Å². The summed E-state index contributed by atoms with van der Waals surface area (Å²) in [6, 6.07) is 14.4. The van der Waals surface area contributed by atoms with E-state index in [4.69, 9.17) is 10.9 Å². The molecule has 0 fully saturated rings. The first-order chi connectivity index (χ1) is 9.95. The van der Waals surface area contributed by atoms with Gasteiger partial charge in [-0.3, -0.25) is 0 Å². The molecule has 6 heteroatoms. The standard InChI is InChI=1S/C15H19N3O2S/c16-14-3-1-2-12(10-14)8-9-18-11-13-4-6-15(7-5-13)21(17,19)20/h1-7,10,18H,8-9,11,16H2,(H2,17,19,20). The van der Waals surface area contributed by atoms with E-state index in [2.05, 4.69) is 5.32 Å². The molecule has 112 valence electrons. The van der Waals surface area contributed by atoms with Gasteiger partial charge in [0.1, 0.15) is 0 Å². The topological polar surface area (TPSA) is 98.2 Å². The van der Waals surface area contributed by atoms with Gasteiger partial charge in [0, 0.05) is 12.2 Å². The average molecular weight is 305 g/mol. The maximum absolute atomic E-state index is 11.1. The van der Waals surface area contributed by atoms with E-state index in [1.165, 1.54) is 17.7 Å². The van der Waals surface area contributed by atoms with E-state index in [1.54, 1.807) is 12.1 Å². The van der Waals surface area contributed by atoms with Crippen molar-refractivity contribution in [3.05, 3.63) is 59.7 Å².